The summed E-state index contributed by atoms with van der Waals surface area (Å²) in [4.78, 5) is 6.97. The molecule has 1 fully saturated rings. The van der Waals surface area contributed by atoms with Crippen molar-refractivity contribution in [2.45, 2.75) is 52.1 Å². The van der Waals surface area contributed by atoms with Crippen LogP contribution in [0.1, 0.15) is 45.2 Å². The Kier molecular flexibility index (Phi) is 5.20. The maximum absolute atomic E-state index is 4.49. The predicted octanol–water partition coefficient (Wildman–Crippen LogP) is 3.52. The van der Waals surface area contributed by atoms with Crippen molar-refractivity contribution in [1.82, 2.24) is 9.88 Å². The summed E-state index contributed by atoms with van der Waals surface area (Å²) < 4.78 is 0. The van der Waals surface area contributed by atoms with Gasteiger partial charge in [0.2, 0.25) is 0 Å². The molecule has 19 heavy (non-hydrogen) atoms. The molecule has 3 nitrogen and oxygen atoms in total. The van der Waals surface area contributed by atoms with E-state index >= 15 is 0 Å². The Hall–Kier alpha value is -1.09. The summed E-state index contributed by atoms with van der Waals surface area (Å²) in [5.41, 5.74) is 2.35. The topological polar surface area (TPSA) is 28.2 Å². The van der Waals surface area contributed by atoms with E-state index in [0.717, 1.165) is 25.0 Å². The normalized spacial score (nSPS) is 23.6. The molecule has 1 aromatic rings. The SMILES string of the molecule is CCNc1ccnc(CN(C)C2CCC(C)CC2)c1. The van der Waals surface area contributed by atoms with Crippen molar-refractivity contribution >= 4 is 5.69 Å². The number of anilines is 1. The monoisotopic (exact) mass is 261 g/mol. The van der Waals surface area contributed by atoms with Gasteiger partial charge in [0, 0.05) is 31.0 Å². The molecule has 0 spiro atoms. The number of hydrogen-bond acceptors (Lipinski definition) is 3. The van der Waals surface area contributed by atoms with Gasteiger partial charge in [0.1, 0.15) is 0 Å². The van der Waals surface area contributed by atoms with Crippen molar-refractivity contribution in [3.05, 3.63) is 24.0 Å². The van der Waals surface area contributed by atoms with E-state index in [-0.39, 0.29) is 0 Å². The zero-order valence-electron chi connectivity index (χ0n) is 12.5. The molecule has 1 N–H and O–H groups in total. The third-order valence-electron chi connectivity index (χ3n) is 4.22. The molecule has 1 aromatic heterocycles. The first-order chi connectivity index (χ1) is 9.19. The molecule has 1 aliphatic carbocycles. The Morgan fingerprint density at radius 2 is 2.05 bits per heavy atom. The molecule has 0 aromatic carbocycles. The summed E-state index contributed by atoms with van der Waals surface area (Å²) in [5.74, 6) is 0.917. The van der Waals surface area contributed by atoms with E-state index in [1.165, 1.54) is 37.1 Å². The lowest BCUT2D eigenvalue weighted by Crippen LogP contribution is -2.34. The molecule has 0 amide bonds. The van der Waals surface area contributed by atoms with E-state index in [4.69, 9.17) is 0 Å². The van der Waals surface area contributed by atoms with Gasteiger partial charge in [-0.15, -0.1) is 0 Å². The van der Waals surface area contributed by atoms with E-state index in [1.54, 1.807) is 0 Å². The summed E-state index contributed by atoms with van der Waals surface area (Å²) in [6, 6.07) is 4.95. The van der Waals surface area contributed by atoms with Crippen LogP contribution in [0.5, 0.6) is 0 Å². The fourth-order valence-electron chi connectivity index (χ4n) is 2.95. The van der Waals surface area contributed by atoms with Crippen LogP contribution in [0.3, 0.4) is 0 Å². The largest absolute Gasteiger partial charge is 0.385 e. The number of hydrogen-bond donors (Lipinski definition) is 1. The lowest BCUT2D eigenvalue weighted by atomic mass is 9.87. The highest BCUT2D eigenvalue weighted by molar-refractivity contribution is 5.42. The first-order valence-corrected chi connectivity index (χ1v) is 7.58. The molecule has 0 aliphatic heterocycles. The van der Waals surface area contributed by atoms with Gasteiger partial charge < -0.3 is 5.32 Å². The van der Waals surface area contributed by atoms with Gasteiger partial charge in [-0.3, -0.25) is 9.88 Å². The quantitative estimate of drug-likeness (QED) is 0.879. The Labute approximate surface area is 117 Å². The highest BCUT2D eigenvalue weighted by Gasteiger charge is 2.21. The molecule has 1 saturated carbocycles. The molecule has 2 rings (SSSR count). The Bertz CT molecular complexity index is 383. The second-order valence-corrected chi connectivity index (χ2v) is 5.89. The first kappa shape index (κ1) is 14.3. The molecule has 1 heterocycles. The van der Waals surface area contributed by atoms with Gasteiger partial charge in [0.15, 0.2) is 0 Å². The number of aromatic nitrogens is 1. The van der Waals surface area contributed by atoms with Gasteiger partial charge in [-0.2, -0.15) is 0 Å². The fourth-order valence-corrected chi connectivity index (χ4v) is 2.95. The van der Waals surface area contributed by atoms with Gasteiger partial charge in [-0.1, -0.05) is 6.92 Å². The predicted molar refractivity (Wildman–Crippen MR) is 81.3 cm³/mol. The minimum Gasteiger partial charge on any atom is -0.385 e. The van der Waals surface area contributed by atoms with Crippen LogP contribution < -0.4 is 5.32 Å². The van der Waals surface area contributed by atoms with Crippen LogP contribution in [0.4, 0.5) is 5.69 Å². The summed E-state index contributed by atoms with van der Waals surface area (Å²) >= 11 is 0. The minimum atomic E-state index is 0.737. The molecule has 3 heteroatoms. The first-order valence-electron chi connectivity index (χ1n) is 7.58. The van der Waals surface area contributed by atoms with Crippen molar-refractivity contribution in [1.29, 1.82) is 0 Å². The van der Waals surface area contributed by atoms with Crippen LogP contribution in [0, 0.1) is 5.92 Å². The second kappa shape index (κ2) is 6.90. The van der Waals surface area contributed by atoms with Crippen LogP contribution in [-0.2, 0) is 6.54 Å². The van der Waals surface area contributed by atoms with Crippen LogP contribution in [0.2, 0.25) is 0 Å². The zero-order valence-corrected chi connectivity index (χ0v) is 12.5. The van der Waals surface area contributed by atoms with Crippen molar-refractivity contribution < 1.29 is 0 Å². The van der Waals surface area contributed by atoms with Gasteiger partial charge in [0.05, 0.1) is 5.69 Å². The van der Waals surface area contributed by atoms with Gasteiger partial charge >= 0.3 is 0 Å². The lowest BCUT2D eigenvalue weighted by molar-refractivity contribution is 0.162. The highest BCUT2D eigenvalue weighted by atomic mass is 15.1. The lowest BCUT2D eigenvalue weighted by Gasteiger charge is -2.33. The molecule has 0 bridgehead atoms. The average molecular weight is 261 g/mol. The summed E-state index contributed by atoms with van der Waals surface area (Å²) in [7, 11) is 2.24. The summed E-state index contributed by atoms with van der Waals surface area (Å²) in [6.45, 7) is 6.41. The third kappa shape index (κ3) is 4.20. The van der Waals surface area contributed by atoms with Crippen LogP contribution in [0.15, 0.2) is 18.3 Å². The number of nitrogens with zero attached hydrogens (tertiary/aromatic N) is 2. The number of rotatable bonds is 5. The van der Waals surface area contributed by atoms with Gasteiger partial charge in [-0.05, 0) is 57.7 Å². The van der Waals surface area contributed by atoms with E-state index in [1.807, 2.05) is 12.3 Å². The molecular formula is C16H27N3. The van der Waals surface area contributed by atoms with Crippen LogP contribution >= 0.6 is 0 Å². The summed E-state index contributed by atoms with van der Waals surface area (Å²) in [5, 5.41) is 3.35. The number of pyridine rings is 1. The molecule has 0 saturated heterocycles. The van der Waals surface area contributed by atoms with E-state index < -0.39 is 0 Å². The average Bonchev–Trinajstić information content (AvgIpc) is 2.40. The van der Waals surface area contributed by atoms with Crippen LogP contribution in [-0.4, -0.2) is 29.5 Å². The third-order valence-corrected chi connectivity index (χ3v) is 4.22. The standard InChI is InChI=1S/C16H27N3/c1-4-17-14-9-10-18-15(11-14)12-19(3)16-7-5-13(2)6-8-16/h9-11,13,16H,4-8,12H2,1-3H3,(H,17,18). The molecular weight excluding hydrogens is 234 g/mol. The molecule has 1 aliphatic rings. The van der Waals surface area contributed by atoms with Crippen LogP contribution in [0.25, 0.3) is 0 Å². The summed E-state index contributed by atoms with van der Waals surface area (Å²) in [6.07, 6.45) is 7.33. The van der Waals surface area contributed by atoms with E-state index in [2.05, 4.69) is 42.2 Å². The maximum Gasteiger partial charge on any atom is 0.0564 e. The Morgan fingerprint density at radius 1 is 1.32 bits per heavy atom. The van der Waals surface area contributed by atoms with Crippen molar-refractivity contribution in [2.75, 3.05) is 18.9 Å². The highest BCUT2D eigenvalue weighted by Crippen LogP contribution is 2.27. The molecule has 0 radical (unpaired) electrons. The van der Waals surface area contributed by atoms with Crippen molar-refractivity contribution in [2.24, 2.45) is 5.92 Å². The molecule has 106 valence electrons. The maximum atomic E-state index is 4.49. The molecule has 0 unspecified atom stereocenters. The zero-order chi connectivity index (χ0) is 13.7. The Balaban J connectivity index is 1.90. The van der Waals surface area contributed by atoms with Gasteiger partial charge in [0.25, 0.3) is 0 Å². The second-order valence-electron chi connectivity index (χ2n) is 5.89. The van der Waals surface area contributed by atoms with Crippen molar-refractivity contribution in [3.8, 4) is 0 Å². The molecule has 0 atom stereocenters. The van der Waals surface area contributed by atoms with E-state index in [0.29, 0.717) is 0 Å². The van der Waals surface area contributed by atoms with Crippen molar-refractivity contribution in [3.63, 3.8) is 0 Å². The minimum absolute atomic E-state index is 0.737. The number of nitrogens with one attached hydrogen (secondary N) is 1. The fraction of sp³-hybridized carbons (Fsp3) is 0.688. The Morgan fingerprint density at radius 3 is 2.74 bits per heavy atom. The van der Waals surface area contributed by atoms with Gasteiger partial charge in [-0.25, -0.2) is 0 Å². The van der Waals surface area contributed by atoms with E-state index in [9.17, 15) is 0 Å². The smallest absolute Gasteiger partial charge is 0.0564 e.